The van der Waals surface area contributed by atoms with Gasteiger partial charge in [0, 0.05) is 6.20 Å². The van der Waals surface area contributed by atoms with Crippen molar-refractivity contribution in [3.63, 3.8) is 0 Å². The van der Waals surface area contributed by atoms with E-state index < -0.39 is 11.7 Å². The highest BCUT2D eigenvalue weighted by molar-refractivity contribution is 5.98. The first-order chi connectivity index (χ1) is 6.18. The molecule has 6 heteroatoms. The maximum absolute atomic E-state index is 10.7. The van der Waals surface area contributed by atoms with Crippen molar-refractivity contribution in [2.24, 2.45) is 0 Å². The smallest absolute Gasteiger partial charge is 0.418 e. The van der Waals surface area contributed by atoms with Gasteiger partial charge in [-0.15, -0.1) is 0 Å². The summed E-state index contributed by atoms with van der Waals surface area (Å²) in [5.41, 5.74) is 0.0354. The van der Waals surface area contributed by atoms with Crippen LogP contribution in [0, 0.1) is 0 Å². The van der Waals surface area contributed by atoms with Gasteiger partial charge < -0.3 is 9.52 Å². The third-order valence-corrected chi connectivity index (χ3v) is 1.55. The number of carboxylic acids is 1. The molecule has 0 aliphatic heterocycles. The van der Waals surface area contributed by atoms with E-state index in [0.717, 1.165) is 0 Å². The summed E-state index contributed by atoms with van der Waals surface area (Å²) in [6.45, 7) is 0. The normalized spacial score (nSPS) is 10.5. The number of aromatic nitrogens is 2. The second-order valence-electron chi connectivity index (χ2n) is 2.36. The summed E-state index contributed by atoms with van der Waals surface area (Å²) in [6, 6.07) is 1.27. The third-order valence-electron chi connectivity index (χ3n) is 1.55. The molecule has 2 aromatic heterocycles. The maximum Gasteiger partial charge on any atom is 0.418 e. The second-order valence-corrected chi connectivity index (χ2v) is 2.36. The fraction of sp³-hybridized carbons (Fsp3) is 0. The number of hydrogen-bond acceptors (Lipinski definition) is 4. The van der Waals surface area contributed by atoms with E-state index in [4.69, 9.17) is 5.11 Å². The minimum Gasteiger partial charge on any atom is -0.478 e. The van der Waals surface area contributed by atoms with Crippen LogP contribution in [0.4, 0.5) is 0 Å². The Morgan fingerprint density at radius 2 is 2.38 bits per heavy atom. The van der Waals surface area contributed by atoms with Crippen LogP contribution in [0.2, 0.25) is 0 Å². The Labute approximate surface area is 70.8 Å². The van der Waals surface area contributed by atoms with Crippen LogP contribution >= 0.6 is 0 Å². The first-order valence-electron chi connectivity index (χ1n) is 3.39. The van der Waals surface area contributed by atoms with Crippen molar-refractivity contribution in [2.45, 2.75) is 0 Å². The molecule has 13 heavy (non-hydrogen) atoms. The maximum atomic E-state index is 10.7. The summed E-state index contributed by atoms with van der Waals surface area (Å²) in [5.74, 6) is -1.87. The van der Waals surface area contributed by atoms with Crippen LogP contribution < -0.4 is 5.76 Å². The Hall–Kier alpha value is -2.11. The fourth-order valence-corrected chi connectivity index (χ4v) is 1.02. The topological polar surface area (TPSA) is 96.2 Å². The van der Waals surface area contributed by atoms with Crippen LogP contribution in [-0.4, -0.2) is 21.0 Å². The van der Waals surface area contributed by atoms with Crippen LogP contribution in [0.1, 0.15) is 10.4 Å². The molecule has 0 unspecified atom stereocenters. The fourth-order valence-electron chi connectivity index (χ4n) is 1.02. The number of rotatable bonds is 1. The van der Waals surface area contributed by atoms with E-state index in [1.807, 2.05) is 0 Å². The van der Waals surface area contributed by atoms with E-state index in [2.05, 4.69) is 14.4 Å². The van der Waals surface area contributed by atoms with Gasteiger partial charge in [-0.1, -0.05) is 0 Å². The Balaban J connectivity index is 2.90. The number of nitrogens with zero attached hydrogens (tertiary/aromatic N) is 1. The number of hydrogen-bond donors (Lipinski definition) is 2. The number of carbonyl (C=O) groups is 1. The van der Waals surface area contributed by atoms with E-state index >= 15 is 0 Å². The van der Waals surface area contributed by atoms with Crippen LogP contribution in [0.25, 0.3) is 11.2 Å². The summed E-state index contributed by atoms with van der Waals surface area (Å²) < 4.78 is 4.61. The number of pyridine rings is 1. The monoisotopic (exact) mass is 180 g/mol. The molecule has 0 bridgehead atoms. The Kier molecular flexibility index (Phi) is 1.42. The van der Waals surface area contributed by atoms with Gasteiger partial charge in [-0.3, -0.25) is 4.98 Å². The highest BCUT2D eigenvalue weighted by Crippen LogP contribution is 2.12. The lowest BCUT2D eigenvalue weighted by Gasteiger charge is -1.91. The lowest BCUT2D eigenvalue weighted by Crippen LogP contribution is -1.96. The highest BCUT2D eigenvalue weighted by atomic mass is 16.4. The molecular formula is C7H4N2O4. The molecule has 0 spiro atoms. The van der Waals surface area contributed by atoms with Gasteiger partial charge in [-0.25, -0.2) is 14.6 Å². The van der Waals surface area contributed by atoms with Crippen molar-refractivity contribution < 1.29 is 14.3 Å². The Bertz CT molecular complexity index is 525. The predicted molar refractivity (Wildman–Crippen MR) is 41.6 cm³/mol. The number of carboxylic acid groups (broad SMARTS) is 1. The SMILES string of the molecule is O=C(O)c1ccnc2[nH]c(=O)oc12. The van der Waals surface area contributed by atoms with Gasteiger partial charge in [0.2, 0.25) is 0 Å². The van der Waals surface area contributed by atoms with Crippen LogP contribution in [0.3, 0.4) is 0 Å². The summed E-state index contributed by atoms with van der Waals surface area (Å²) >= 11 is 0. The zero-order valence-electron chi connectivity index (χ0n) is 6.27. The van der Waals surface area contributed by atoms with E-state index in [-0.39, 0.29) is 16.8 Å². The van der Waals surface area contributed by atoms with Gasteiger partial charge in [-0.05, 0) is 6.07 Å². The zero-order chi connectivity index (χ0) is 9.42. The lowest BCUT2D eigenvalue weighted by atomic mass is 10.2. The molecule has 2 aromatic rings. The van der Waals surface area contributed by atoms with Crippen molar-refractivity contribution in [3.8, 4) is 0 Å². The summed E-state index contributed by atoms with van der Waals surface area (Å²) in [7, 11) is 0. The average molecular weight is 180 g/mol. The standard InChI is InChI=1S/C7H4N2O4/c10-6(11)3-1-2-8-5-4(3)13-7(12)9-5/h1-2H,(H,10,11)(H,8,9,12). The summed E-state index contributed by atoms with van der Waals surface area (Å²) in [4.78, 5) is 27.3. The molecule has 0 aliphatic carbocycles. The van der Waals surface area contributed by atoms with Gasteiger partial charge in [0.15, 0.2) is 11.2 Å². The molecule has 0 atom stereocenters. The minimum absolute atomic E-state index is 0.0278. The van der Waals surface area contributed by atoms with Gasteiger partial charge in [-0.2, -0.15) is 0 Å². The molecule has 0 fully saturated rings. The predicted octanol–water partition coefficient (Wildman–Crippen LogP) is 0.214. The highest BCUT2D eigenvalue weighted by Gasteiger charge is 2.12. The number of oxazole rings is 1. The lowest BCUT2D eigenvalue weighted by molar-refractivity contribution is 0.0697. The second kappa shape index (κ2) is 2.44. The quantitative estimate of drug-likeness (QED) is 0.654. The van der Waals surface area contributed by atoms with Gasteiger partial charge >= 0.3 is 11.7 Å². The Morgan fingerprint density at radius 3 is 3.08 bits per heavy atom. The molecule has 0 aromatic carbocycles. The minimum atomic E-state index is -1.16. The number of aromatic carboxylic acids is 1. The summed E-state index contributed by atoms with van der Waals surface area (Å²) in [5, 5.41) is 8.69. The number of aromatic amines is 1. The molecule has 0 radical (unpaired) electrons. The number of nitrogens with one attached hydrogen (secondary N) is 1. The van der Waals surface area contributed by atoms with E-state index in [1.165, 1.54) is 12.3 Å². The van der Waals surface area contributed by atoms with E-state index in [0.29, 0.717) is 0 Å². The third kappa shape index (κ3) is 1.08. The number of fused-ring (bicyclic) bond motifs is 1. The van der Waals surface area contributed by atoms with Crippen LogP contribution in [0.5, 0.6) is 0 Å². The van der Waals surface area contributed by atoms with Crippen LogP contribution in [0.15, 0.2) is 21.5 Å². The molecule has 2 rings (SSSR count). The van der Waals surface area contributed by atoms with Crippen molar-refractivity contribution in [3.05, 3.63) is 28.4 Å². The van der Waals surface area contributed by atoms with Crippen molar-refractivity contribution >= 4 is 17.2 Å². The van der Waals surface area contributed by atoms with Crippen molar-refractivity contribution in [2.75, 3.05) is 0 Å². The molecule has 0 amide bonds. The van der Waals surface area contributed by atoms with Gasteiger partial charge in [0.05, 0.1) is 0 Å². The molecular weight excluding hydrogens is 176 g/mol. The molecule has 0 saturated carbocycles. The summed E-state index contributed by atoms with van der Waals surface area (Å²) in [6.07, 6.45) is 1.29. The largest absolute Gasteiger partial charge is 0.478 e. The first-order valence-corrected chi connectivity index (χ1v) is 3.39. The molecule has 2 heterocycles. The number of H-pyrrole nitrogens is 1. The average Bonchev–Trinajstić information content (AvgIpc) is 2.43. The molecule has 0 aliphatic rings. The van der Waals surface area contributed by atoms with Crippen molar-refractivity contribution in [1.82, 2.24) is 9.97 Å². The zero-order valence-corrected chi connectivity index (χ0v) is 6.27. The van der Waals surface area contributed by atoms with Crippen LogP contribution in [-0.2, 0) is 0 Å². The first kappa shape index (κ1) is 7.53. The van der Waals surface area contributed by atoms with E-state index in [9.17, 15) is 9.59 Å². The molecule has 0 saturated heterocycles. The molecule has 6 nitrogen and oxygen atoms in total. The van der Waals surface area contributed by atoms with Gasteiger partial charge in [0.25, 0.3) is 0 Å². The molecule has 66 valence electrons. The van der Waals surface area contributed by atoms with Crippen molar-refractivity contribution in [1.29, 1.82) is 0 Å². The van der Waals surface area contributed by atoms with Gasteiger partial charge in [0.1, 0.15) is 5.56 Å². The Morgan fingerprint density at radius 1 is 1.62 bits per heavy atom. The molecule has 2 N–H and O–H groups in total. The van der Waals surface area contributed by atoms with E-state index in [1.54, 1.807) is 0 Å².